The van der Waals surface area contributed by atoms with Crippen molar-refractivity contribution in [3.63, 3.8) is 0 Å². The molecule has 3 heteroatoms. The molecule has 1 aliphatic carbocycles. The summed E-state index contributed by atoms with van der Waals surface area (Å²) in [6.07, 6.45) is 5.39. The van der Waals surface area contributed by atoms with E-state index in [0.717, 1.165) is 64.4 Å². The summed E-state index contributed by atoms with van der Waals surface area (Å²) < 4.78 is 5.46. The molecule has 0 aromatic carbocycles. The molecule has 0 radical (unpaired) electrons. The molecule has 0 aromatic rings. The first kappa shape index (κ1) is 13.0. The summed E-state index contributed by atoms with van der Waals surface area (Å²) in [5, 5.41) is 0. The first-order valence-electron chi connectivity index (χ1n) is 7.12. The first-order valence-corrected chi connectivity index (χ1v) is 7.12. The Morgan fingerprint density at radius 3 is 3.06 bits per heavy atom. The molecule has 2 unspecified atom stereocenters. The molecule has 1 saturated heterocycles. The van der Waals surface area contributed by atoms with Gasteiger partial charge < -0.3 is 9.64 Å². The van der Waals surface area contributed by atoms with Crippen molar-refractivity contribution in [2.75, 3.05) is 32.8 Å². The third kappa shape index (κ3) is 3.78. The number of hydrogen-bond donors (Lipinski definition) is 0. The van der Waals surface area contributed by atoms with Gasteiger partial charge in [-0.15, -0.1) is 0 Å². The summed E-state index contributed by atoms with van der Waals surface area (Å²) in [7, 11) is 0. The lowest BCUT2D eigenvalue weighted by atomic mass is 9.79. The van der Waals surface area contributed by atoms with Crippen LogP contribution in [0.5, 0.6) is 0 Å². The van der Waals surface area contributed by atoms with Crippen molar-refractivity contribution in [2.24, 2.45) is 11.8 Å². The highest BCUT2D eigenvalue weighted by Crippen LogP contribution is 2.29. The van der Waals surface area contributed by atoms with Crippen LogP contribution in [0.15, 0.2) is 0 Å². The van der Waals surface area contributed by atoms with Crippen molar-refractivity contribution in [1.29, 1.82) is 0 Å². The number of carbonyl (C=O) groups is 1. The maximum atomic E-state index is 12.0. The maximum absolute atomic E-state index is 12.0. The lowest BCUT2D eigenvalue weighted by molar-refractivity contribution is -0.126. The van der Waals surface area contributed by atoms with E-state index in [-0.39, 0.29) is 0 Å². The fraction of sp³-hybridized carbons (Fsp3) is 0.929. The van der Waals surface area contributed by atoms with E-state index in [4.69, 9.17) is 4.74 Å². The van der Waals surface area contributed by atoms with Crippen LogP contribution >= 0.6 is 0 Å². The van der Waals surface area contributed by atoms with Crippen LogP contribution in [0.4, 0.5) is 0 Å². The first-order chi connectivity index (χ1) is 8.29. The quantitative estimate of drug-likeness (QED) is 0.755. The largest absolute Gasteiger partial charge is 0.380 e. The van der Waals surface area contributed by atoms with E-state index in [0.29, 0.717) is 11.7 Å². The Morgan fingerprint density at radius 2 is 2.24 bits per heavy atom. The molecule has 2 fully saturated rings. The third-order valence-corrected chi connectivity index (χ3v) is 4.24. The Bertz CT molecular complexity index is 247. The zero-order valence-corrected chi connectivity index (χ0v) is 11.0. The number of rotatable bonds is 3. The van der Waals surface area contributed by atoms with Crippen LogP contribution in [0.3, 0.4) is 0 Å². The number of carbonyl (C=O) groups excluding carboxylic acids is 1. The molecule has 2 rings (SSSR count). The number of nitrogens with zero attached hydrogens (tertiary/aromatic N) is 1. The Balaban J connectivity index is 1.84. The predicted molar refractivity (Wildman–Crippen MR) is 68.0 cm³/mol. The van der Waals surface area contributed by atoms with E-state index in [9.17, 15) is 4.79 Å². The lowest BCUT2D eigenvalue weighted by Crippen LogP contribution is -2.37. The number of Topliss-reactive ketones (excluding diaryl/α,β-unsaturated/α-hetero) is 1. The summed E-state index contributed by atoms with van der Waals surface area (Å²) in [6, 6.07) is 0. The molecule has 0 bridgehead atoms. The van der Waals surface area contributed by atoms with E-state index in [1.165, 1.54) is 6.42 Å². The minimum absolute atomic E-state index is 0.298. The molecule has 1 heterocycles. The summed E-state index contributed by atoms with van der Waals surface area (Å²) in [4.78, 5) is 14.4. The van der Waals surface area contributed by atoms with Gasteiger partial charge in [0.05, 0.1) is 6.61 Å². The van der Waals surface area contributed by atoms with Gasteiger partial charge in [-0.1, -0.05) is 13.3 Å². The van der Waals surface area contributed by atoms with E-state index in [1.54, 1.807) is 0 Å². The van der Waals surface area contributed by atoms with Crippen LogP contribution in [-0.4, -0.2) is 43.5 Å². The average molecular weight is 239 g/mol. The molecule has 0 spiro atoms. The fourth-order valence-corrected chi connectivity index (χ4v) is 3.04. The maximum Gasteiger partial charge on any atom is 0.137 e. The van der Waals surface area contributed by atoms with Crippen molar-refractivity contribution < 1.29 is 9.53 Å². The van der Waals surface area contributed by atoms with Gasteiger partial charge in [-0.3, -0.25) is 4.79 Å². The highest BCUT2D eigenvalue weighted by Gasteiger charge is 2.29. The number of hydrogen-bond acceptors (Lipinski definition) is 3. The molecule has 2 aliphatic rings. The zero-order chi connectivity index (χ0) is 12.1. The second-order valence-electron chi connectivity index (χ2n) is 5.48. The minimum Gasteiger partial charge on any atom is -0.380 e. The van der Waals surface area contributed by atoms with Crippen molar-refractivity contribution in [1.82, 2.24) is 4.90 Å². The van der Waals surface area contributed by atoms with Gasteiger partial charge in [0.2, 0.25) is 0 Å². The smallest absolute Gasteiger partial charge is 0.137 e. The van der Waals surface area contributed by atoms with E-state index < -0.39 is 0 Å². The molecule has 3 nitrogen and oxygen atoms in total. The molecular formula is C14H25NO2. The fourth-order valence-electron chi connectivity index (χ4n) is 3.04. The van der Waals surface area contributed by atoms with Crippen molar-refractivity contribution in [3.05, 3.63) is 0 Å². The SMILES string of the molecule is CCC1CCC(=O)C(CN2CCCOCC2)C1. The standard InChI is InChI=1S/C14H25NO2/c1-2-12-4-5-14(16)13(10-12)11-15-6-3-8-17-9-7-15/h12-13H,2-11H2,1H3. The highest BCUT2D eigenvalue weighted by molar-refractivity contribution is 5.81. The van der Waals surface area contributed by atoms with E-state index >= 15 is 0 Å². The van der Waals surface area contributed by atoms with Crippen molar-refractivity contribution in [3.8, 4) is 0 Å². The zero-order valence-electron chi connectivity index (χ0n) is 11.0. The monoisotopic (exact) mass is 239 g/mol. The topological polar surface area (TPSA) is 29.5 Å². The Kier molecular flexibility index (Phi) is 4.99. The normalized spacial score (nSPS) is 32.4. The van der Waals surface area contributed by atoms with Gasteiger partial charge in [0, 0.05) is 38.6 Å². The van der Waals surface area contributed by atoms with Gasteiger partial charge in [0.15, 0.2) is 0 Å². The highest BCUT2D eigenvalue weighted by atomic mass is 16.5. The molecule has 0 aromatic heterocycles. The molecule has 0 N–H and O–H groups in total. The Hall–Kier alpha value is -0.410. The van der Waals surface area contributed by atoms with Crippen LogP contribution in [0.1, 0.15) is 39.0 Å². The molecule has 1 saturated carbocycles. The van der Waals surface area contributed by atoms with Gasteiger partial charge in [-0.25, -0.2) is 0 Å². The minimum atomic E-state index is 0.298. The van der Waals surface area contributed by atoms with Gasteiger partial charge in [-0.05, 0) is 25.2 Å². The number of ketones is 1. The predicted octanol–water partition coefficient (Wildman–Crippen LogP) is 2.10. The van der Waals surface area contributed by atoms with Gasteiger partial charge in [0.1, 0.15) is 5.78 Å². The molecule has 2 atom stereocenters. The van der Waals surface area contributed by atoms with Crippen molar-refractivity contribution >= 4 is 5.78 Å². The number of ether oxygens (including phenoxy) is 1. The van der Waals surface area contributed by atoms with E-state index in [1.807, 2.05) is 0 Å². The second kappa shape index (κ2) is 6.50. The second-order valence-corrected chi connectivity index (χ2v) is 5.48. The summed E-state index contributed by atoms with van der Waals surface area (Å²) in [6.45, 7) is 7.03. The van der Waals surface area contributed by atoms with E-state index in [2.05, 4.69) is 11.8 Å². The van der Waals surface area contributed by atoms with Crippen molar-refractivity contribution in [2.45, 2.75) is 39.0 Å². The summed E-state index contributed by atoms with van der Waals surface area (Å²) >= 11 is 0. The molecular weight excluding hydrogens is 214 g/mol. The average Bonchev–Trinajstić information content (AvgIpc) is 2.60. The third-order valence-electron chi connectivity index (χ3n) is 4.24. The Morgan fingerprint density at radius 1 is 1.35 bits per heavy atom. The molecule has 0 amide bonds. The van der Waals surface area contributed by atoms with Gasteiger partial charge in [-0.2, -0.15) is 0 Å². The summed E-state index contributed by atoms with van der Waals surface area (Å²) in [5.74, 6) is 1.58. The molecule has 98 valence electrons. The lowest BCUT2D eigenvalue weighted by Gasteiger charge is -2.31. The summed E-state index contributed by atoms with van der Waals surface area (Å²) in [5.41, 5.74) is 0. The van der Waals surface area contributed by atoms with Crippen LogP contribution in [0.2, 0.25) is 0 Å². The Labute approximate surface area is 105 Å². The van der Waals surface area contributed by atoms with Crippen LogP contribution in [0.25, 0.3) is 0 Å². The molecule has 17 heavy (non-hydrogen) atoms. The van der Waals surface area contributed by atoms with Gasteiger partial charge in [0.25, 0.3) is 0 Å². The van der Waals surface area contributed by atoms with Gasteiger partial charge >= 0.3 is 0 Å². The molecule has 1 aliphatic heterocycles. The van der Waals surface area contributed by atoms with Crippen LogP contribution < -0.4 is 0 Å². The van der Waals surface area contributed by atoms with Crippen LogP contribution in [-0.2, 0) is 9.53 Å². The van der Waals surface area contributed by atoms with Crippen LogP contribution in [0, 0.1) is 11.8 Å².